The number of hydrogen-bond donors (Lipinski definition) is 1. The van der Waals surface area contributed by atoms with Gasteiger partial charge in [0.1, 0.15) is 5.82 Å². The van der Waals surface area contributed by atoms with Crippen molar-refractivity contribution in [2.24, 2.45) is 0 Å². The van der Waals surface area contributed by atoms with Gasteiger partial charge in [0.2, 0.25) is 0 Å². The SMILES string of the molecule is CCc1ccc2nc(-c3cc4sccc4s3)[nH]c2c1. The number of hydrogen-bond acceptors (Lipinski definition) is 3. The Morgan fingerprint density at radius 3 is 2.95 bits per heavy atom. The second-order valence-electron chi connectivity index (χ2n) is 4.55. The van der Waals surface area contributed by atoms with Crippen LogP contribution >= 0.6 is 22.7 Å². The van der Waals surface area contributed by atoms with Crippen LogP contribution in [0.3, 0.4) is 0 Å². The summed E-state index contributed by atoms with van der Waals surface area (Å²) in [5.74, 6) is 0.983. The van der Waals surface area contributed by atoms with Gasteiger partial charge in [0.15, 0.2) is 0 Å². The number of fused-ring (bicyclic) bond motifs is 2. The van der Waals surface area contributed by atoms with Gasteiger partial charge in [0.25, 0.3) is 0 Å². The fourth-order valence-electron chi connectivity index (χ4n) is 2.28. The van der Waals surface area contributed by atoms with Crippen molar-refractivity contribution in [1.82, 2.24) is 9.97 Å². The van der Waals surface area contributed by atoms with Gasteiger partial charge in [-0.1, -0.05) is 13.0 Å². The summed E-state index contributed by atoms with van der Waals surface area (Å²) in [5, 5.41) is 2.14. The Morgan fingerprint density at radius 2 is 2.11 bits per heavy atom. The van der Waals surface area contributed by atoms with Gasteiger partial charge in [0.05, 0.1) is 15.9 Å². The van der Waals surface area contributed by atoms with E-state index in [1.54, 1.807) is 22.7 Å². The van der Waals surface area contributed by atoms with Crippen LogP contribution in [0, 0.1) is 0 Å². The molecule has 0 radical (unpaired) electrons. The average Bonchev–Trinajstić information content (AvgIpc) is 3.10. The topological polar surface area (TPSA) is 28.7 Å². The molecule has 4 rings (SSSR count). The fraction of sp³-hybridized carbons (Fsp3) is 0.133. The van der Waals surface area contributed by atoms with E-state index in [1.807, 2.05) is 0 Å². The van der Waals surface area contributed by atoms with E-state index in [0.717, 1.165) is 23.3 Å². The van der Waals surface area contributed by atoms with Crippen LogP contribution in [0.25, 0.3) is 31.1 Å². The Balaban J connectivity index is 1.88. The minimum atomic E-state index is 0.983. The van der Waals surface area contributed by atoms with Gasteiger partial charge in [-0.15, -0.1) is 22.7 Å². The van der Waals surface area contributed by atoms with E-state index in [2.05, 4.69) is 47.6 Å². The zero-order valence-corrected chi connectivity index (χ0v) is 12.1. The third-order valence-corrected chi connectivity index (χ3v) is 5.43. The number of thiophene rings is 2. The molecule has 4 aromatic rings. The van der Waals surface area contributed by atoms with Crippen LogP contribution in [0.15, 0.2) is 35.7 Å². The Hall–Kier alpha value is -1.65. The van der Waals surface area contributed by atoms with Gasteiger partial charge in [-0.3, -0.25) is 0 Å². The summed E-state index contributed by atoms with van der Waals surface area (Å²) < 4.78 is 2.68. The number of rotatable bonds is 2. The maximum Gasteiger partial charge on any atom is 0.148 e. The number of aromatic amines is 1. The molecule has 3 aromatic heterocycles. The molecule has 0 atom stereocenters. The predicted octanol–water partition coefficient (Wildman–Crippen LogP) is 5.07. The molecular formula is C15H12N2S2. The fourth-order valence-corrected chi connectivity index (χ4v) is 4.33. The molecule has 1 N–H and O–H groups in total. The van der Waals surface area contributed by atoms with Gasteiger partial charge >= 0.3 is 0 Å². The average molecular weight is 284 g/mol. The van der Waals surface area contributed by atoms with Gasteiger partial charge in [-0.05, 0) is 41.6 Å². The Kier molecular flexibility index (Phi) is 2.47. The molecule has 0 aliphatic rings. The van der Waals surface area contributed by atoms with Crippen molar-refractivity contribution >= 4 is 43.1 Å². The summed E-state index contributed by atoms with van der Waals surface area (Å²) in [7, 11) is 0. The van der Waals surface area contributed by atoms with E-state index < -0.39 is 0 Å². The van der Waals surface area contributed by atoms with E-state index in [1.165, 1.54) is 19.8 Å². The van der Waals surface area contributed by atoms with Crippen LogP contribution in [0.1, 0.15) is 12.5 Å². The second kappa shape index (κ2) is 4.18. The monoisotopic (exact) mass is 284 g/mol. The first-order valence-electron chi connectivity index (χ1n) is 6.29. The van der Waals surface area contributed by atoms with Crippen molar-refractivity contribution in [3.8, 4) is 10.7 Å². The number of imidazole rings is 1. The normalized spacial score (nSPS) is 11.6. The molecule has 0 aliphatic heterocycles. The maximum atomic E-state index is 4.69. The summed E-state index contributed by atoms with van der Waals surface area (Å²) in [6.07, 6.45) is 1.05. The maximum absolute atomic E-state index is 4.69. The van der Waals surface area contributed by atoms with Gasteiger partial charge in [-0.2, -0.15) is 0 Å². The van der Waals surface area contributed by atoms with E-state index in [0.29, 0.717) is 0 Å². The van der Waals surface area contributed by atoms with Crippen LogP contribution in [0.4, 0.5) is 0 Å². The van der Waals surface area contributed by atoms with Crippen molar-refractivity contribution in [3.63, 3.8) is 0 Å². The predicted molar refractivity (Wildman–Crippen MR) is 84.2 cm³/mol. The number of aromatic nitrogens is 2. The first kappa shape index (κ1) is 11.2. The molecule has 0 amide bonds. The molecule has 3 heterocycles. The lowest BCUT2D eigenvalue weighted by Gasteiger charge is -1.93. The lowest BCUT2D eigenvalue weighted by Crippen LogP contribution is -1.78. The van der Waals surface area contributed by atoms with Crippen LogP contribution in [-0.2, 0) is 6.42 Å². The van der Waals surface area contributed by atoms with Crippen molar-refractivity contribution in [3.05, 3.63) is 41.3 Å². The quantitative estimate of drug-likeness (QED) is 0.547. The molecule has 0 unspecified atom stereocenters. The van der Waals surface area contributed by atoms with Gasteiger partial charge < -0.3 is 4.98 Å². The van der Waals surface area contributed by atoms with Crippen LogP contribution in [0.5, 0.6) is 0 Å². The summed E-state index contributed by atoms with van der Waals surface area (Å²) in [4.78, 5) is 9.35. The summed E-state index contributed by atoms with van der Waals surface area (Å²) in [6.45, 7) is 2.17. The minimum absolute atomic E-state index is 0.983. The highest BCUT2D eigenvalue weighted by molar-refractivity contribution is 7.28. The molecule has 19 heavy (non-hydrogen) atoms. The van der Waals surface area contributed by atoms with Crippen LogP contribution < -0.4 is 0 Å². The lowest BCUT2D eigenvalue weighted by molar-refractivity contribution is 1.14. The molecule has 2 nitrogen and oxygen atoms in total. The Bertz CT molecular complexity index is 838. The zero-order valence-electron chi connectivity index (χ0n) is 10.4. The standard InChI is InChI=1S/C15H12N2S2/c1-2-9-3-4-10-11(7-9)17-15(16-10)14-8-13-12(19-14)5-6-18-13/h3-8H,2H2,1H3,(H,16,17). The molecule has 0 bridgehead atoms. The molecule has 0 saturated carbocycles. The lowest BCUT2D eigenvalue weighted by atomic mass is 10.1. The Labute approximate surface area is 118 Å². The van der Waals surface area contributed by atoms with Gasteiger partial charge in [-0.25, -0.2) is 4.98 Å². The number of aryl methyl sites for hydroxylation is 1. The van der Waals surface area contributed by atoms with Crippen molar-refractivity contribution in [2.75, 3.05) is 0 Å². The van der Waals surface area contributed by atoms with E-state index in [4.69, 9.17) is 4.98 Å². The highest BCUT2D eigenvalue weighted by atomic mass is 32.1. The smallest absolute Gasteiger partial charge is 0.148 e. The van der Waals surface area contributed by atoms with E-state index in [-0.39, 0.29) is 0 Å². The van der Waals surface area contributed by atoms with Crippen LogP contribution in [-0.4, -0.2) is 9.97 Å². The van der Waals surface area contributed by atoms with Crippen molar-refractivity contribution < 1.29 is 0 Å². The Morgan fingerprint density at radius 1 is 1.16 bits per heavy atom. The molecule has 94 valence electrons. The molecular weight excluding hydrogens is 272 g/mol. The third kappa shape index (κ3) is 1.79. The van der Waals surface area contributed by atoms with Crippen molar-refractivity contribution in [1.29, 1.82) is 0 Å². The first-order chi connectivity index (χ1) is 9.33. The molecule has 4 heteroatoms. The molecule has 0 spiro atoms. The summed E-state index contributed by atoms with van der Waals surface area (Å²) >= 11 is 3.58. The minimum Gasteiger partial charge on any atom is -0.337 e. The van der Waals surface area contributed by atoms with E-state index in [9.17, 15) is 0 Å². The molecule has 0 saturated heterocycles. The number of nitrogens with one attached hydrogen (secondary N) is 1. The number of nitrogens with zero attached hydrogens (tertiary/aromatic N) is 1. The largest absolute Gasteiger partial charge is 0.337 e. The summed E-state index contributed by atoms with van der Waals surface area (Å²) in [5.41, 5.74) is 3.52. The molecule has 0 aliphatic carbocycles. The second-order valence-corrected chi connectivity index (χ2v) is 6.58. The zero-order chi connectivity index (χ0) is 12.8. The first-order valence-corrected chi connectivity index (χ1v) is 7.99. The van der Waals surface area contributed by atoms with E-state index >= 15 is 0 Å². The molecule has 0 fully saturated rings. The van der Waals surface area contributed by atoms with Crippen LogP contribution in [0.2, 0.25) is 0 Å². The highest BCUT2D eigenvalue weighted by Gasteiger charge is 2.09. The highest BCUT2D eigenvalue weighted by Crippen LogP contribution is 2.35. The third-order valence-electron chi connectivity index (χ3n) is 3.33. The molecule has 1 aromatic carbocycles. The van der Waals surface area contributed by atoms with Crippen molar-refractivity contribution in [2.45, 2.75) is 13.3 Å². The van der Waals surface area contributed by atoms with Gasteiger partial charge in [0, 0.05) is 9.40 Å². The number of H-pyrrole nitrogens is 1. The summed E-state index contributed by atoms with van der Waals surface area (Å²) in [6, 6.07) is 10.8. The number of benzene rings is 1.